The lowest BCUT2D eigenvalue weighted by atomic mass is 10.3. The average Bonchev–Trinajstić information content (AvgIpc) is 2.35. The van der Waals surface area contributed by atoms with Crippen molar-refractivity contribution in [1.29, 1.82) is 0 Å². The molecule has 0 aliphatic heterocycles. The SMILES string of the molecule is Cc1cc(Cl)nc(COc2cc(F)ccc2[N+](=O)[O-])n1. The summed E-state index contributed by atoms with van der Waals surface area (Å²) in [6.45, 7) is 1.58. The monoisotopic (exact) mass is 297 g/mol. The van der Waals surface area contributed by atoms with Crippen LogP contribution in [0, 0.1) is 22.9 Å². The highest BCUT2D eigenvalue weighted by Crippen LogP contribution is 2.28. The third-order valence-electron chi connectivity index (χ3n) is 2.34. The highest BCUT2D eigenvalue weighted by molar-refractivity contribution is 6.29. The van der Waals surface area contributed by atoms with Crippen LogP contribution in [0.15, 0.2) is 24.3 Å². The van der Waals surface area contributed by atoms with Gasteiger partial charge in [0, 0.05) is 17.8 Å². The summed E-state index contributed by atoms with van der Waals surface area (Å²) < 4.78 is 18.3. The van der Waals surface area contributed by atoms with E-state index in [1.807, 2.05) is 0 Å². The zero-order chi connectivity index (χ0) is 14.7. The predicted molar refractivity (Wildman–Crippen MR) is 69.2 cm³/mol. The average molecular weight is 298 g/mol. The lowest BCUT2D eigenvalue weighted by Crippen LogP contribution is -2.04. The van der Waals surface area contributed by atoms with Crippen molar-refractivity contribution >= 4 is 17.3 Å². The Hall–Kier alpha value is -2.28. The summed E-state index contributed by atoms with van der Waals surface area (Å²) in [5.74, 6) is -0.557. The van der Waals surface area contributed by atoms with Crippen LogP contribution in [0.2, 0.25) is 5.15 Å². The Balaban J connectivity index is 2.22. The van der Waals surface area contributed by atoms with Crippen molar-refractivity contribution in [3.63, 3.8) is 0 Å². The number of ether oxygens (including phenoxy) is 1. The first kappa shape index (κ1) is 14.1. The van der Waals surface area contributed by atoms with Gasteiger partial charge in [0.05, 0.1) is 4.92 Å². The molecule has 20 heavy (non-hydrogen) atoms. The number of nitro groups is 1. The van der Waals surface area contributed by atoms with E-state index in [2.05, 4.69) is 9.97 Å². The normalized spacial score (nSPS) is 10.3. The van der Waals surface area contributed by atoms with E-state index in [0.29, 0.717) is 5.69 Å². The quantitative estimate of drug-likeness (QED) is 0.492. The summed E-state index contributed by atoms with van der Waals surface area (Å²) in [6, 6.07) is 4.53. The second-order valence-electron chi connectivity index (χ2n) is 3.91. The lowest BCUT2D eigenvalue weighted by molar-refractivity contribution is -0.386. The molecule has 0 N–H and O–H groups in total. The van der Waals surface area contributed by atoms with E-state index < -0.39 is 10.7 Å². The Morgan fingerprint density at radius 3 is 2.80 bits per heavy atom. The Labute approximate surface area is 118 Å². The second kappa shape index (κ2) is 5.79. The molecule has 1 aromatic carbocycles. The van der Waals surface area contributed by atoms with E-state index in [1.165, 1.54) is 0 Å². The van der Waals surface area contributed by atoms with Crippen molar-refractivity contribution in [3.8, 4) is 5.75 Å². The molecule has 0 unspecified atom stereocenters. The summed E-state index contributed by atoms with van der Waals surface area (Å²) >= 11 is 5.76. The number of aromatic nitrogens is 2. The number of benzene rings is 1. The standard InChI is InChI=1S/C12H9ClFN3O3/c1-7-4-11(13)16-12(15-7)6-20-10-5-8(14)2-3-9(10)17(18)19/h2-5H,6H2,1H3. The summed E-state index contributed by atoms with van der Waals surface area (Å²) in [5, 5.41) is 11.0. The molecule has 0 spiro atoms. The van der Waals surface area contributed by atoms with Crippen LogP contribution in [0.5, 0.6) is 5.75 Å². The van der Waals surface area contributed by atoms with Gasteiger partial charge in [0.1, 0.15) is 17.6 Å². The topological polar surface area (TPSA) is 78.2 Å². The maximum Gasteiger partial charge on any atom is 0.311 e. The number of nitrogens with zero attached hydrogens (tertiary/aromatic N) is 3. The molecule has 0 amide bonds. The molecule has 0 saturated carbocycles. The van der Waals surface area contributed by atoms with E-state index in [9.17, 15) is 14.5 Å². The van der Waals surface area contributed by atoms with Gasteiger partial charge in [-0.1, -0.05) is 11.6 Å². The molecular formula is C12H9ClFN3O3. The molecule has 1 heterocycles. The Kier molecular flexibility index (Phi) is 4.09. The molecule has 0 bridgehead atoms. The van der Waals surface area contributed by atoms with Crippen LogP contribution in [0.3, 0.4) is 0 Å². The van der Waals surface area contributed by atoms with Gasteiger partial charge in [-0.05, 0) is 19.1 Å². The van der Waals surface area contributed by atoms with Gasteiger partial charge in [-0.2, -0.15) is 0 Å². The fraction of sp³-hybridized carbons (Fsp3) is 0.167. The molecule has 6 nitrogen and oxygen atoms in total. The minimum Gasteiger partial charge on any atom is -0.479 e. The number of aryl methyl sites for hydroxylation is 1. The van der Waals surface area contributed by atoms with Crippen molar-refractivity contribution < 1.29 is 14.1 Å². The molecule has 0 fully saturated rings. The highest BCUT2D eigenvalue weighted by atomic mass is 35.5. The minimum atomic E-state index is -0.654. The fourth-order valence-electron chi connectivity index (χ4n) is 1.55. The van der Waals surface area contributed by atoms with Crippen molar-refractivity contribution in [3.05, 3.63) is 56.9 Å². The molecule has 8 heteroatoms. The molecule has 0 aliphatic carbocycles. The van der Waals surface area contributed by atoms with E-state index in [-0.39, 0.29) is 29.0 Å². The smallest absolute Gasteiger partial charge is 0.311 e. The summed E-state index contributed by atoms with van der Waals surface area (Å²) in [6.07, 6.45) is 0. The molecule has 2 rings (SSSR count). The van der Waals surface area contributed by atoms with Crippen LogP contribution < -0.4 is 4.74 Å². The molecule has 0 atom stereocenters. The summed E-state index contributed by atoms with van der Waals surface area (Å²) in [4.78, 5) is 18.1. The highest BCUT2D eigenvalue weighted by Gasteiger charge is 2.16. The first-order valence-corrected chi connectivity index (χ1v) is 5.90. The first-order valence-electron chi connectivity index (χ1n) is 5.52. The van der Waals surface area contributed by atoms with Crippen molar-refractivity contribution in [2.24, 2.45) is 0 Å². The summed E-state index contributed by atoms with van der Waals surface area (Å²) in [7, 11) is 0. The second-order valence-corrected chi connectivity index (χ2v) is 4.29. The van der Waals surface area contributed by atoms with E-state index in [0.717, 1.165) is 18.2 Å². The van der Waals surface area contributed by atoms with Gasteiger partial charge in [0.25, 0.3) is 0 Å². The maximum absolute atomic E-state index is 13.1. The third kappa shape index (κ3) is 3.39. The van der Waals surface area contributed by atoms with Gasteiger partial charge in [-0.3, -0.25) is 10.1 Å². The van der Waals surface area contributed by atoms with Crippen LogP contribution in [0.1, 0.15) is 11.5 Å². The fourth-order valence-corrected chi connectivity index (χ4v) is 1.81. The van der Waals surface area contributed by atoms with Gasteiger partial charge in [0.2, 0.25) is 0 Å². The van der Waals surface area contributed by atoms with E-state index >= 15 is 0 Å². The van der Waals surface area contributed by atoms with Gasteiger partial charge in [-0.15, -0.1) is 0 Å². The molecule has 2 aromatic rings. The van der Waals surface area contributed by atoms with Crippen molar-refractivity contribution in [2.45, 2.75) is 13.5 Å². The van der Waals surface area contributed by atoms with Crippen molar-refractivity contribution in [1.82, 2.24) is 9.97 Å². The third-order valence-corrected chi connectivity index (χ3v) is 2.54. The molecule has 0 aliphatic rings. The van der Waals surface area contributed by atoms with Crippen LogP contribution in [-0.2, 0) is 6.61 Å². The van der Waals surface area contributed by atoms with Crippen LogP contribution in [0.25, 0.3) is 0 Å². The first-order chi connectivity index (χ1) is 9.45. The lowest BCUT2D eigenvalue weighted by Gasteiger charge is -2.06. The van der Waals surface area contributed by atoms with Gasteiger partial charge >= 0.3 is 5.69 Å². The number of halogens is 2. The minimum absolute atomic E-state index is 0.147. The zero-order valence-corrected chi connectivity index (χ0v) is 11.1. The van der Waals surface area contributed by atoms with Crippen LogP contribution in [0.4, 0.5) is 10.1 Å². The molecule has 1 aromatic heterocycles. The van der Waals surface area contributed by atoms with E-state index in [4.69, 9.17) is 16.3 Å². The summed E-state index contributed by atoms with van der Waals surface area (Å²) in [5.41, 5.74) is 0.308. The Morgan fingerprint density at radius 2 is 2.15 bits per heavy atom. The van der Waals surface area contributed by atoms with Crippen LogP contribution in [-0.4, -0.2) is 14.9 Å². The predicted octanol–water partition coefficient (Wildman–Crippen LogP) is 3.06. The van der Waals surface area contributed by atoms with E-state index in [1.54, 1.807) is 13.0 Å². The van der Waals surface area contributed by atoms with Gasteiger partial charge in [0.15, 0.2) is 11.6 Å². The number of hydrogen-bond donors (Lipinski definition) is 0. The molecule has 0 radical (unpaired) electrons. The molecule has 0 saturated heterocycles. The van der Waals surface area contributed by atoms with Gasteiger partial charge < -0.3 is 4.74 Å². The zero-order valence-electron chi connectivity index (χ0n) is 10.3. The van der Waals surface area contributed by atoms with Crippen LogP contribution >= 0.6 is 11.6 Å². The Morgan fingerprint density at radius 1 is 1.40 bits per heavy atom. The number of nitro benzene ring substituents is 1. The number of hydrogen-bond acceptors (Lipinski definition) is 5. The molecular weight excluding hydrogens is 289 g/mol. The maximum atomic E-state index is 13.1. The van der Waals surface area contributed by atoms with Gasteiger partial charge in [-0.25, -0.2) is 14.4 Å². The largest absolute Gasteiger partial charge is 0.479 e. The number of rotatable bonds is 4. The molecule has 104 valence electrons. The van der Waals surface area contributed by atoms with Crippen molar-refractivity contribution in [2.75, 3.05) is 0 Å². The Bertz CT molecular complexity index is 646.